The number of fused-ring (bicyclic) bond motifs is 1. The molecule has 1 aliphatic rings. The molecule has 0 unspecified atom stereocenters. The first-order chi connectivity index (χ1) is 17.9. The predicted molar refractivity (Wildman–Crippen MR) is 125 cm³/mol. The van der Waals surface area contributed by atoms with Gasteiger partial charge in [-0.15, -0.1) is 10.2 Å². The van der Waals surface area contributed by atoms with Crippen molar-refractivity contribution >= 4 is 11.4 Å². The molecule has 0 saturated carbocycles. The molecule has 38 heavy (non-hydrogen) atoms. The fourth-order valence-electron chi connectivity index (χ4n) is 4.58. The van der Waals surface area contributed by atoms with Gasteiger partial charge in [0.25, 0.3) is 5.69 Å². The minimum absolute atomic E-state index is 0.121. The highest BCUT2D eigenvalue weighted by Crippen LogP contribution is 2.47. The smallest absolute Gasteiger partial charge is 0.416 e. The summed E-state index contributed by atoms with van der Waals surface area (Å²) in [6.45, 7) is 1.42. The van der Waals surface area contributed by atoms with Gasteiger partial charge >= 0.3 is 6.18 Å². The molecule has 1 aromatic heterocycles. The Bertz CT molecular complexity index is 1300. The van der Waals surface area contributed by atoms with Crippen LogP contribution in [0.2, 0.25) is 0 Å². The Morgan fingerprint density at radius 2 is 1.89 bits per heavy atom. The number of aryl methyl sites for hydroxylation is 1. The van der Waals surface area contributed by atoms with E-state index in [-0.39, 0.29) is 35.1 Å². The van der Waals surface area contributed by atoms with Crippen LogP contribution in [0.25, 0.3) is 0 Å². The molecule has 15 heteroatoms. The molecule has 0 saturated heterocycles. The number of tetrazole rings is 1. The maximum absolute atomic E-state index is 13.3. The third kappa shape index (κ3) is 4.99. The van der Waals surface area contributed by atoms with Crippen LogP contribution in [0.5, 0.6) is 5.75 Å². The van der Waals surface area contributed by atoms with Crippen molar-refractivity contribution in [2.45, 2.75) is 43.7 Å². The van der Waals surface area contributed by atoms with E-state index in [0.29, 0.717) is 0 Å². The van der Waals surface area contributed by atoms with Crippen LogP contribution in [-0.4, -0.2) is 62.5 Å². The van der Waals surface area contributed by atoms with Gasteiger partial charge in [0.05, 0.1) is 30.1 Å². The molecule has 0 spiro atoms. The van der Waals surface area contributed by atoms with Crippen LogP contribution in [0.3, 0.4) is 0 Å². The molecule has 204 valence electrons. The maximum atomic E-state index is 13.3. The summed E-state index contributed by atoms with van der Waals surface area (Å²) in [6, 6.07) is 7.06. The molecule has 0 bridgehead atoms. The number of nitro groups is 1. The number of hydrogen-bond acceptors (Lipinski definition) is 10. The number of non-ortho nitro benzene ring substituents is 1. The minimum Gasteiger partial charge on any atom is -0.479 e. The third-order valence-corrected chi connectivity index (χ3v) is 6.36. The summed E-state index contributed by atoms with van der Waals surface area (Å²) < 4.78 is 56.7. The Balaban J connectivity index is 1.92. The first-order valence-electron chi connectivity index (χ1n) is 11.3. The fourth-order valence-corrected chi connectivity index (χ4v) is 4.58. The van der Waals surface area contributed by atoms with Gasteiger partial charge in [0, 0.05) is 37.6 Å². The number of aliphatic hydroxyl groups excluding tert-OH is 1. The zero-order valence-corrected chi connectivity index (χ0v) is 20.8. The molecule has 2 heterocycles. The molecule has 12 nitrogen and oxygen atoms in total. The number of aliphatic hydroxyl groups is 1. The lowest BCUT2D eigenvalue weighted by molar-refractivity contribution is -0.385. The number of nitro benzene ring substituents is 1. The molecular formula is C23H25F3N6O6. The van der Waals surface area contributed by atoms with Gasteiger partial charge in [0.1, 0.15) is 11.9 Å². The number of alkyl halides is 3. The van der Waals surface area contributed by atoms with Crippen molar-refractivity contribution in [1.82, 2.24) is 20.2 Å². The van der Waals surface area contributed by atoms with Gasteiger partial charge in [-0.1, -0.05) is 0 Å². The van der Waals surface area contributed by atoms with Crippen molar-refractivity contribution in [3.63, 3.8) is 0 Å². The van der Waals surface area contributed by atoms with Crippen LogP contribution >= 0.6 is 0 Å². The van der Waals surface area contributed by atoms with Gasteiger partial charge in [-0.2, -0.15) is 18.0 Å². The highest BCUT2D eigenvalue weighted by atomic mass is 19.4. The molecule has 0 fully saturated rings. The zero-order chi connectivity index (χ0) is 27.8. The van der Waals surface area contributed by atoms with Crippen LogP contribution in [-0.2, 0) is 29.2 Å². The second-order valence-electron chi connectivity index (χ2n) is 8.83. The van der Waals surface area contributed by atoms with Gasteiger partial charge in [-0.05, 0) is 42.5 Å². The number of halogens is 3. The van der Waals surface area contributed by atoms with E-state index in [1.165, 1.54) is 61.2 Å². The highest BCUT2D eigenvalue weighted by Gasteiger charge is 2.54. The van der Waals surface area contributed by atoms with Crippen molar-refractivity contribution in [2.24, 2.45) is 7.05 Å². The minimum atomic E-state index is -4.57. The summed E-state index contributed by atoms with van der Waals surface area (Å²) in [7, 11) is 4.25. The Kier molecular flexibility index (Phi) is 7.27. The largest absolute Gasteiger partial charge is 0.479 e. The van der Waals surface area contributed by atoms with Crippen LogP contribution in [0.1, 0.15) is 29.9 Å². The van der Waals surface area contributed by atoms with Gasteiger partial charge in [-0.3, -0.25) is 10.1 Å². The number of rotatable bonds is 8. The second-order valence-corrected chi connectivity index (χ2v) is 8.83. The Labute approximate surface area is 214 Å². The van der Waals surface area contributed by atoms with Gasteiger partial charge in [0.15, 0.2) is 17.7 Å². The number of ether oxygens (including phenoxy) is 3. The first kappa shape index (κ1) is 27.2. The van der Waals surface area contributed by atoms with E-state index < -0.39 is 40.7 Å². The SMILES string of the molecule is COC(OC)[C@@]1(C)Oc2ccc([N+](=O)[O-])cc2[C@H](N(Cc2nnn(C)n2)c2ccc(C(F)(F)F)cc2)[C@H]1O. The predicted octanol–water partition coefficient (Wildman–Crippen LogP) is 3.02. The van der Waals surface area contributed by atoms with Crippen molar-refractivity contribution in [3.8, 4) is 5.75 Å². The summed E-state index contributed by atoms with van der Waals surface area (Å²) in [5.41, 5.74) is -2.21. The second kappa shape index (κ2) is 10.2. The van der Waals surface area contributed by atoms with Crippen LogP contribution < -0.4 is 9.64 Å². The molecule has 3 aromatic rings. The number of benzene rings is 2. The van der Waals surface area contributed by atoms with E-state index in [1.54, 1.807) is 7.05 Å². The van der Waals surface area contributed by atoms with E-state index >= 15 is 0 Å². The monoisotopic (exact) mass is 538 g/mol. The number of nitrogens with zero attached hydrogens (tertiary/aromatic N) is 6. The summed E-state index contributed by atoms with van der Waals surface area (Å²) in [6.07, 6.45) is -7.13. The number of methoxy groups -OCH3 is 2. The average molecular weight is 538 g/mol. The lowest BCUT2D eigenvalue weighted by Gasteiger charge is -2.49. The van der Waals surface area contributed by atoms with Crippen LogP contribution in [0, 0.1) is 10.1 Å². The van der Waals surface area contributed by atoms with E-state index in [4.69, 9.17) is 14.2 Å². The Morgan fingerprint density at radius 3 is 2.42 bits per heavy atom. The van der Waals surface area contributed by atoms with E-state index in [9.17, 15) is 28.4 Å². The van der Waals surface area contributed by atoms with Gasteiger partial charge < -0.3 is 24.2 Å². The quantitative estimate of drug-likeness (QED) is 0.259. The Morgan fingerprint density at radius 1 is 1.24 bits per heavy atom. The van der Waals surface area contributed by atoms with Crippen molar-refractivity contribution in [1.29, 1.82) is 0 Å². The molecule has 0 amide bonds. The lowest BCUT2D eigenvalue weighted by atomic mass is 9.83. The molecule has 0 radical (unpaired) electrons. The molecule has 4 rings (SSSR count). The van der Waals surface area contributed by atoms with E-state index in [0.717, 1.165) is 12.1 Å². The van der Waals surface area contributed by atoms with Crippen LogP contribution in [0.15, 0.2) is 42.5 Å². The molecule has 0 aliphatic carbocycles. The average Bonchev–Trinajstić information content (AvgIpc) is 3.28. The fraction of sp³-hybridized carbons (Fsp3) is 0.435. The first-order valence-corrected chi connectivity index (χ1v) is 11.3. The zero-order valence-electron chi connectivity index (χ0n) is 20.8. The van der Waals surface area contributed by atoms with E-state index in [2.05, 4.69) is 15.4 Å². The number of hydrogen-bond donors (Lipinski definition) is 1. The molecule has 3 atom stereocenters. The van der Waals surface area contributed by atoms with Crippen molar-refractivity contribution in [2.75, 3.05) is 19.1 Å². The molecular weight excluding hydrogens is 513 g/mol. The summed E-state index contributed by atoms with van der Waals surface area (Å²) >= 11 is 0. The standard InChI is InChI=1S/C23H25F3N6O6/c1-22(21(36-3)37-4)20(33)19(16-11-15(32(34)35)9-10-17(16)38-22)31(12-18-27-29-30(2)28-18)14-7-5-13(6-8-14)23(24,25)26/h5-11,19-21,33H,12H2,1-4H3/t19-,20+,22-/m0/s1. The summed E-state index contributed by atoms with van der Waals surface area (Å²) in [5.74, 6) is 0.381. The van der Waals surface area contributed by atoms with Gasteiger partial charge in [0.2, 0.25) is 0 Å². The number of aromatic nitrogens is 4. The number of anilines is 1. The van der Waals surface area contributed by atoms with Crippen molar-refractivity contribution in [3.05, 3.63) is 69.5 Å². The van der Waals surface area contributed by atoms with E-state index in [1.807, 2.05) is 0 Å². The topological polar surface area (TPSA) is 138 Å². The van der Waals surface area contributed by atoms with Crippen LogP contribution in [0.4, 0.5) is 24.5 Å². The van der Waals surface area contributed by atoms with Gasteiger partial charge in [-0.25, -0.2) is 0 Å². The molecule has 1 aliphatic heterocycles. The highest BCUT2D eigenvalue weighted by molar-refractivity contribution is 5.56. The normalized spacial score (nSPS) is 21.2. The molecule has 1 N–H and O–H groups in total. The summed E-state index contributed by atoms with van der Waals surface area (Å²) in [5, 5.41) is 35.3. The third-order valence-electron chi connectivity index (χ3n) is 6.36. The molecule has 2 aromatic carbocycles. The lowest BCUT2D eigenvalue weighted by Crippen LogP contribution is -2.62. The Hall–Kier alpha value is -3.82. The van der Waals surface area contributed by atoms with Crippen molar-refractivity contribution < 1.29 is 37.4 Å². The maximum Gasteiger partial charge on any atom is 0.416 e. The summed E-state index contributed by atoms with van der Waals surface area (Å²) in [4.78, 5) is 13.7.